The fourth-order valence-electron chi connectivity index (χ4n) is 3.69. The molecule has 33 heavy (non-hydrogen) atoms. The molecule has 0 saturated carbocycles. The molecule has 0 unspecified atom stereocenters. The van der Waals surface area contributed by atoms with E-state index in [4.69, 9.17) is 5.26 Å². The Morgan fingerprint density at radius 2 is 1.88 bits per heavy atom. The Kier molecular flexibility index (Phi) is 6.95. The van der Waals surface area contributed by atoms with Gasteiger partial charge < -0.3 is 9.80 Å². The first-order valence-electron chi connectivity index (χ1n) is 10.6. The number of nitrogens with zero attached hydrogens (tertiary/aromatic N) is 4. The molecule has 2 heterocycles. The second-order valence-electron chi connectivity index (χ2n) is 7.63. The van der Waals surface area contributed by atoms with Crippen LogP contribution in [0, 0.1) is 17.1 Å². The average Bonchev–Trinajstić information content (AvgIpc) is 3.11. The van der Waals surface area contributed by atoms with E-state index >= 15 is 0 Å². The minimum Gasteiger partial charge on any atom is -0.370 e. The van der Waals surface area contributed by atoms with Gasteiger partial charge in [0.25, 0.3) is 5.91 Å². The van der Waals surface area contributed by atoms with Gasteiger partial charge in [-0.3, -0.25) is 14.9 Å². The van der Waals surface area contributed by atoms with E-state index in [1.807, 2.05) is 17.0 Å². The zero-order valence-corrected chi connectivity index (χ0v) is 18.6. The Hall–Kier alpha value is -3.77. The van der Waals surface area contributed by atoms with Crippen LogP contribution in [0.3, 0.4) is 0 Å². The van der Waals surface area contributed by atoms with Gasteiger partial charge in [-0.2, -0.15) is 5.26 Å². The molecule has 1 aliphatic rings. The van der Waals surface area contributed by atoms with Crippen molar-refractivity contribution in [3.8, 4) is 6.07 Å². The summed E-state index contributed by atoms with van der Waals surface area (Å²) in [6.45, 7) is 2.80. The Morgan fingerprint density at radius 1 is 1.09 bits per heavy atom. The Balaban J connectivity index is 1.32. The van der Waals surface area contributed by atoms with Crippen molar-refractivity contribution < 1.29 is 14.0 Å². The van der Waals surface area contributed by atoms with Gasteiger partial charge in [0.05, 0.1) is 29.3 Å². The molecule has 2 amide bonds. The van der Waals surface area contributed by atoms with E-state index in [1.165, 1.54) is 29.5 Å². The summed E-state index contributed by atoms with van der Waals surface area (Å²) in [5.41, 5.74) is 2.18. The molecule has 1 saturated heterocycles. The summed E-state index contributed by atoms with van der Waals surface area (Å²) >= 11 is 1.20. The number of carbonyl (C=O) groups excluding carboxylic acids is 2. The van der Waals surface area contributed by atoms with Crippen LogP contribution in [0.1, 0.15) is 28.0 Å². The number of amides is 2. The molecule has 2 aromatic carbocycles. The maximum Gasteiger partial charge on any atom is 0.260 e. The molecular weight excluding hydrogens is 441 g/mol. The molecule has 0 atom stereocenters. The quantitative estimate of drug-likeness (QED) is 0.623. The van der Waals surface area contributed by atoms with Gasteiger partial charge in [0.2, 0.25) is 5.91 Å². The van der Waals surface area contributed by atoms with Crippen molar-refractivity contribution in [2.75, 3.05) is 36.4 Å². The number of aromatic nitrogens is 1. The van der Waals surface area contributed by atoms with E-state index in [2.05, 4.69) is 21.3 Å². The molecule has 1 aromatic heterocycles. The van der Waals surface area contributed by atoms with Crippen LogP contribution in [0.15, 0.2) is 53.9 Å². The lowest BCUT2D eigenvalue weighted by atomic mass is 10.2. The summed E-state index contributed by atoms with van der Waals surface area (Å²) in [5.74, 6) is -1.19. The molecule has 4 rings (SSSR count). The largest absolute Gasteiger partial charge is 0.370 e. The molecule has 9 heteroatoms. The highest BCUT2D eigenvalue weighted by Gasteiger charge is 2.21. The summed E-state index contributed by atoms with van der Waals surface area (Å²) in [6.07, 6.45) is 0.982. The molecule has 0 aliphatic carbocycles. The summed E-state index contributed by atoms with van der Waals surface area (Å²) in [6, 6.07) is 15.3. The third-order valence-electron chi connectivity index (χ3n) is 5.43. The number of carbonyl (C=O) groups is 2. The molecule has 0 radical (unpaired) electrons. The monoisotopic (exact) mass is 463 g/mol. The molecule has 1 N–H and O–H groups in total. The van der Waals surface area contributed by atoms with Gasteiger partial charge in [-0.05, 0) is 42.8 Å². The van der Waals surface area contributed by atoms with Crippen LogP contribution in [0.4, 0.5) is 15.2 Å². The van der Waals surface area contributed by atoms with Gasteiger partial charge in [-0.15, -0.1) is 11.3 Å². The van der Waals surface area contributed by atoms with Crippen molar-refractivity contribution in [1.82, 2.24) is 9.88 Å². The number of benzene rings is 2. The van der Waals surface area contributed by atoms with Gasteiger partial charge in [0.1, 0.15) is 5.82 Å². The predicted molar refractivity (Wildman–Crippen MR) is 125 cm³/mol. The second kappa shape index (κ2) is 10.2. The topological polar surface area (TPSA) is 89.3 Å². The first-order chi connectivity index (χ1) is 16.0. The first-order valence-corrected chi connectivity index (χ1v) is 11.4. The fraction of sp³-hybridized carbons (Fsp3) is 0.250. The normalized spacial score (nSPS) is 13.8. The third kappa shape index (κ3) is 5.54. The van der Waals surface area contributed by atoms with Crippen LogP contribution >= 0.6 is 11.3 Å². The van der Waals surface area contributed by atoms with Crippen LogP contribution in [-0.4, -0.2) is 47.9 Å². The third-order valence-corrected chi connectivity index (χ3v) is 6.24. The lowest BCUT2D eigenvalue weighted by molar-refractivity contribution is -0.130. The summed E-state index contributed by atoms with van der Waals surface area (Å²) in [5, 5.41) is 13.6. The van der Waals surface area contributed by atoms with E-state index in [9.17, 15) is 14.0 Å². The van der Waals surface area contributed by atoms with Crippen LogP contribution in [0.5, 0.6) is 0 Å². The van der Waals surface area contributed by atoms with Crippen molar-refractivity contribution in [3.63, 3.8) is 0 Å². The van der Waals surface area contributed by atoms with Crippen molar-refractivity contribution >= 4 is 34.0 Å². The maximum atomic E-state index is 13.8. The van der Waals surface area contributed by atoms with E-state index in [0.717, 1.165) is 18.7 Å². The Labute approximate surface area is 195 Å². The van der Waals surface area contributed by atoms with Gasteiger partial charge in [-0.1, -0.05) is 12.1 Å². The fourth-order valence-corrected chi connectivity index (χ4v) is 4.40. The van der Waals surface area contributed by atoms with Crippen molar-refractivity contribution in [2.45, 2.75) is 12.8 Å². The number of hydrogen-bond acceptors (Lipinski definition) is 6. The molecule has 0 bridgehead atoms. The standard InChI is InChI=1S/C24H22FN5O2S/c25-21-5-2-1-4-20(21)23(32)28-24-27-18(16-33-24)14-22(31)30-11-3-10-29(12-13-30)19-8-6-17(15-26)7-9-19/h1-2,4-9,16H,3,10-14H2,(H,27,28,32). The molecule has 3 aromatic rings. The minimum atomic E-state index is -0.599. The van der Waals surface area contributed by atoms with Crippen molar-refractivity contribution in [3.05, 3.63) is 76.5 Å². The number of anilines is 2. The maximum absolute atomic E-state index is 13.8. The van der Waals surface area contributed by atoms with Gasteiger partial charge in [0.15, 0.2) is 5.13 Å². The highest BCUT2D eigenvalue weighted by atomic mass is 32.1. The number of halogens is 1. The molecule has 1 fully saturated rings. The number of thiazole rings is 1. The zero-order valence-electron chi connectivity index (χ0n) is 17.8. The van der Waals surface area contributed by atoms with Gasteiger partial charge in [0, 0.05) is 37.2 Å². The lowest BCUT2D eigenvalue weighted by Crippen LogP contribution is -2.36. The molecule has 1 aliphatic heterocycles. The first kappa shape index (κ1) is 22.4. The zero-order chi connectivity index (χ0) is 23.2. The number of nitriles is 1. The van der Waals surface area contributed by atoms with Gasteiger partial charge in [-0.25, -0.2) is 9.37 Å². The van der Waals surface area contributed by atoms with E-state index < -0.39 is 11.7 Å². The minimum absolute atomic E-state index is 0.0195. The molecule has 0 spiro atoms. The Morgan fingerprint density at radius 3 is 2.64 bits per heavy atom. The van der Waals surface area contributed by atoms with Crippen LogP contribution in [-0.2, 0) is 11.2 Å². The molecule has 7 nitrogen and oxygen atoms in total. The van der Waals surface area contributed by atoms with E-state index in [-0.39, 0.29) is 17.9 Å². The molecule has 168 valence electrons. The summed E-state index contributed by atoms with van der Waals surface area (Å²) in [7, 11) is 0. The average molecular weight is 464 g/mol. The highest BCUT2D eigenvalue weighted by Crippen LogP contribution is 2.20. The van der Waals surface area contributed by atoms with Gasteiger partial charge >= 0.3 is 0 Å². The number of hydrogen-bond donors (Lipinski definition) is 1. The highest BCUT2D eigenvalue weighted by molar-refractivity contribution is 7.14. The van der Waals surface area contributed by atoms with Crippen LogP contribution in [0.25, 0.3) is 0 Å². The SMILES string of the molecule is N#Cc1ccc(N2CCCN(C(=O)Cc3csc(NC(=O)c4ccccc4F)n3)CC2)cc1. The van der Waals surface area contributed by atoms with Crippen molar-refractivity contribution in [2.24, 2.45) is 0 Å². The molecular formula is C24H22FN5O2S. The number of rotatable bonds is 5. The predicted octanol–water partition coefficient (Wildman–Crippen LogP) is 3.69. The van der Waals surface area contributed by atoms with E-state index in [0.29, 0.717) is 36.0 Å². The summed E-state index contributed by atoms with van der Waals surface area (Å²) in [4.78, 5) is 33.5. The smallest absolute Gasteiger partial charge is 0.260 e. The van der Waals surface area contributed by atoms with Crippen molar-refractivity contribution in [1.29, 1.82) is 5.26 Å². The Bertz CT molecular complexity index is 1190. The van der Waals surface area contributed by atoms with E-state index in [1.54, 1.807) is 23.6 Å². The summed E-state index contributed by atoms with van der Waals surface area (Å²) < 4.78 is 13.8. The number of nitrogens with one attached hydrogen (secondary N) is 1. The van der Waals surface area contributed by atoms with Crippen LogP contribution < -0.4 is 10.2 Å². The second-order valence-corrected chi connectivity index (χ2v) is 8.49. The van der Waals surface area contributed by atoms with Crippen LogP contribution in [0.2, 0.25) is 0 Å². The lowest BCUT2D eigenvalue weighted by Gasteiger charge is -2.23.